The maximum Gasteiger partial charge on any atom is 0.193 e. The predicted molar refractivity (Wildman–Crippen MR) is 136 cm³/mol. The van der Waals surface area contributed by atoms with Gasteiger partial charge in [0.25, 0.3) is 0 Å². The molecule has 1 heterocycles. The molecule has 1 aliphatic heterocycles. The molecule has 1 saturated heterocycles. The van der Waals surface area contributed by atoms with E-state index < -0.39 is 0 Å². The number of hydrogen-bond acceptors (Lipinski definition) is 4. The van der Waals surface area contributed by atoms with Crippen LogP contribution in [-0.2, 0) is 6.42 Å². The number of ether oxygens (including phenoxy) is 1. The minimum Gasteiger partial charge on any atom is -0.508 e. The lowest BCUT2D eigenvalue weighted by Crippen LogP contribution is -2.33. The average molecular weight is 454 g/mol. The van der Waals surface area contributed by atoms with Crippen LogP contribution in [0.15, 0.2) is 72.8 Å². The first kappa shape index (κ1) is 22.4. The first-order valence-corrected chi connectivity index (χ1v) is 12.3. The molecule has 174 valence electrons. The quantitative estimate of drug-likeness (QED) is 0.446. The van der Waals surface area contributed by atoms with Crippen LogP contribution in [0.3, 0.4) is 0 Å². The zero-order valence-corrected chi connectivity index (χ0v) is 19.5. The van der Waals surface area contributed by atoms with Gasteiger partial charge in [-0.05, 0) is 97.4 Å². The Labute approximate surface area is 201 Å². The Bertz CT molecular complexity index is 1170. The Morgan fingerprint density at radius 1 is 0.853 bits per heavy atom. The van der Waals surface area contributed by atoms with E-state index in [0.29, 0.717) is 12.2 Å². The monoisotopic (exact) mass is 453 g/mol. The molecule has 4 nitrogen and oxygen atoms in total. The van der Waals surface area contributed by atoms with Gasteiger partial charge in [0.15, 0.2) is 5.78 Å². The fraction of sp³-hybridized carbons (Fsp3) is 0.300. The summed E-state index contributed by atoms with van der Waals surface area (Å²) in [5.74, 6) is 1.05. The van der Waals surface area contributed by atoms with E-state index in [1.54, 1.807) is 12.1 Å². The molecular formula is C30H31NO3. The topological polar surface area (TPSA) is 49.8 Å². The third kappa shape index (κ3) is 4.92. The van der Waals surface area contributed by atoms with Gasteiger partial charge in [0.1, 0.15) is 18.1 Å². The largest absolute Gasteiger partial charge is 0.508 e. The number of rotatable bonds is 7. The summed E-state index contributed by atoms with van der Waals surface area (Å²) in [4.78, 5) is 16.2. The number of allylic oxidation sites excluding steroid dienone is 2. The average Bonchev–Trinajstić information content (AvgIpc) is 2.89. The van der Waals surface area contributed by atoms with Crippen molar-refractivity contribution in [2.24, 2.45) is 0 Å². The maximum absolute atomic E-state index is 13.8. The normalized spacial score (nSPS) is 16.2. The number of likely N-dealkylation sites (tertiary alicyclic amines) is 1. The first-order chi connectivity index (χ1) is 16.7. The lowest BCUT2D eigenvalue weighted by atomic mass is 9.79. The second kappa shape index (κ2) is 10.3. The van der Waals surface area contributed by atoms with E-state index in [4.69, 9.17) is 4.74 Å². The summed E-state index contributed by atoms with van der Waals surface area (Å²) >= 11 is 0. The lowest BCUT2D eigenvalue weighted by Gasteiger charge is -2.26. The van der Waals surface area contributed by atoms with Crippen molar-refractivity contribution in [2.45, 2.75) is 32.1 Å². The molecule has 5 rings (SSSR count). The van der Waals surface area contributed by atoms with Gasteiger partial charge < -0.3 is 9.84 Å². The molecule has 1 N–H and O–H groups in total. The zero-order valence-electron chi connectivity index (χ0n) is 19.5. The van der Waals surface area contributed by atoms with Gasteiger partial charge in [-0.2, -0.15) is 0 Å². The minimum atomic E-state index is 0.0232. The molecule has 0 radical (unpaired) electrons. The molecule has 0 saturated carbocycles. The molecule has 0 bridgehead atoms. The van der Waals surface area contributed by atoms with E-state index in [1.807, 2.05) is 54.6 Å². The van der Waals surface area contributed by atoms with Gasteiger partial charge in [-0.25, -0.2) is 0 Å². The van der Waals surface area contributed by atoms with Gasteiger partial charge in [0.05, 0.1) is 0 Å². The van der Waals surface area contributed by atoms with Crippen LogP contribution in [0.4, 0.5) is 0 Å². The third-order valence-corrected chi connectivity index (χ3v) is 6.92. The van der Waals surface area contributed by atoms with Crippen molar-refractivity contribution in [3.63, 3.8) is 0 Å². The van der Waals surface area contributed by atoms with Gasteiger partial charge in [-0.1, -0.05) is 42.8 Å². The van der Waals surface area contributed by atoms with Crippen LogP contribution in [0.2, 0.25) is 0 Å². The second-order valence-corrected chi connectivity index (χ2v) is 9.16. The number of Topliss-reactive ketones (excluding diaryl/α,β-unsaturated/α-hetero) is 1. The number of fused-ring (bicyclic) bond motifs is 1. The third-order valence-electron chi connectivity index (χ3n) is 6.92. The number of carbonyl (C=O) groups excluding carboxylic acids is 1. The Hall–Kier alpha value is -3.37. The van der Waals surface area contributed by atoms with E-state index in [9.17, 15) is 9.90 Å². The number of aryl methyl sites for hydroxylation is 1. The fourth-order valence-corrected chi connectivity index (χ4v) is 5.06. The van der Waals surface area contributed by atoms with Crippen molar-refractivity contribution in [1.29, 1.82) is 0 Å². The van der Waals surface area contributed by atoms with E-state index in [-0.39, 0.29) is 11.5 Å². The predicted octanol–water partition coefficient (Wildman–Crippen LogP) is 6.00. The standard InChI is InChI=1S/C30H31NO3/c32-25-13-8-23(9-14-25)28-17-12-22-6-2-3-7-27(22)29(28)30(33)24-10-15-26(16-11-24)34-21-20-31-18-4-1-5-19-31/h2-3,6-11,13-16,32H,1,4-5,12,17-21H2. The summed E-state index contributed by atoms with van der Waals surface area (Å²) in [5, 5.41) is 9.73. The Morgan fingerprint density at radius 2 is 1.59 bits per heavy atom. The number of benzene rings is 3. The second-order valence-electron chi connectivity index (χ2n) is 9.16. The molecule has 0 spiro atoms. The summed E-state index contributed by atoms with van der Waals surface area (Å²) < 4.78 is 5.96. The van der Waals surface area contributed by atoms with Gasteiger partial charge >= 0.3 is 0 Å². The molecule has 34 heavy (non-hydrogen) atoms. The van der Waals surface area contributed by atoms with Gasteiger partial charge in [0, 0.05) is 17.7 Å². The molecule has 0 amide bonds. The number of aromatic hydroxyl groups is 1. The van der Waals surface area contributed by atoms with Crippen molar-refractivity contribution in [2.75, 3.05) is 26.2 Å². The van der Waals surface area contributed by atoms with E-state index in [0.717, 1.165) is 60.5 Å². The van der Waals surface area contributed by atoms with E-state index >= 15 is 0 Å². The molecule has 3 aromatic rings. The van der Waals surface area contributed by atoms with Gasteiger partial charge in [0.2, 0.25) is 0 Å². The van der Waals surface area contributed by atoms with Crippen molar-refractivity contribution in [3.8, 4) is 11.5 Å². The van der Waals surface area contributed by atoms with Gasteiger partial charge in [-0.3, -0.25) is 9.69 Å². The van der Waals surface area contributed by atoms with Crippen LogP contribution < -0.4 is 4.74 Å². The fourth-order valence-electron chi connectivity index (χ4n) is 5.06. The highest BCUT2D eigenvalue weighted by atomic mass is 16.5. The number of nitrogens with zero attached hydrogens (tertiary/aromatic N) is 1. The van der Waals surface area contributed by atoms with Crippen LogP contribution in [0, 0.1) is 0 Å². The molecule has 2 aliphatic rings. The SMILES string of the molecule is O=C(C1=C(c2ccc(O)cc2)CCc2ccccc21)c1ccc(OCCN2CCCCC2)cc1. The van der Waals surface area contributed by atoms with Crippen LogP contribution >= 0.6 is 0 Å². The van der Waals surface area contributed by atoms with Crippen LogP contribution in [0.5, 0.6) is 11.5 Å². The lowest BCUT2D eigenvalue weighted by molar-refractivity contribution is 0.105. The number of hydrogen-bond donors (Lipinski definition) is 1. The smallest absolute Gasteiger partial charge is 0.193 e. The number of carbonyl (C=O) groups is 1. The molecule has 1 aliphatic carbocycles. The summed E-state index contributed by atoms with van der Waals surface area (Å²) in [5.41, 5.74) is 5.63. The molecule has 0 aromatic heterocycles. The Kier molecular flexibility index (Phi) is 6.77. The number of phenolic OH excluding ortho intramolecular Hbond substituents is 1. The number of piperidine rings is 1. The Balaban J connectivity index is 1.38. The number of phenols is 1. The van der Waals surface area contributed by atoms with Crippen LogP contribution in [-0.4, -0.2) is 42.0 Å². The molecule has 1 fully saturated rings. The highest BCUT2D eigenvalue weighted by molar-refractivity contribution is 6.35. The van der Waals surface area contributed by atoms with E-state index in [2.05, 4.69) is 11.0 Å². The van der Waals surface area contributed by atoms with Crippen molar-refractivity contribution >= 4 is 16.9 Å². The van der Waals surface area contributed by atoms with Crippen molar-refractivity contribution < 1.29 is 14.6 Å². The molecule has 4 heteroatoms. The molecule has 3 aromatic carbocycles. The van der Waals surface area contributed by atoms with Crippen LogP contribution in [0.1, 0.15) is 52.7 Å². The first-order valence-electron chi connectivity index (χ1n) is 12.3. The summed E-state index contributed by atoms with van der Waals surface area (Å²) in [6.45, 7) is 3.94. The molecular weight excluding hydrogens is 422 g/mol. The maximum atomic E-state index is 13.8. The van der Waals surface area contributed by atoms with Crippen LogP contribution in [0.25, 0.3) is 11.1 Å². The Morgan fingerprint density at radius 3 is 2.35 bits per heavy atom. The zero-order chi connectivity index (χ0) is 23.3. The van der Waals surface area contributed by atoms with Crippen molar-refractivity contribution in [3.05, 3.63) is 95.1 Å². The summed E-state index contributed by atoms with van der Waals surface area (Å²) in [6.07, 6.45) is 5.58. The van der Waals surface area contributed by atoms with Gasteiger partial charge in [-0.15, -0.1) is 0 Å². The summed E-state index contributed by atoms with van der Waals surface area (Å²) in [7, 11) is 0. The summed E-state index contributed by atoms with van der Waals surface area (Å²) in [6, 6.07) is 22.9. The molecule has 0 unspecified atom stereocenters. The minimum absolute atomic E-state index is 0.0232. The van der Waals surface area contributed by atoms with E-state index in [1.165, 1.54) is 24.8 Å². The molecule has 0 atom stereocenters. The highest BCUT2D eigenvalue weighted by Gasteiger charge is 2.26. The highest BCUT2D eigenvalue weighted by Crippen LogP contribution is 2.39. The number of ketones is 1. The van der Waals surface area contributed by atoms with Crippen molar-refractivity contribution in [1.82, 2.24) is 4.90 Å².